The molecule has 0 saturated carbocycles. The van der Waals surface area contributed by atoms with Crippen LogP contribution in [0.25, 0.3) is 11.4 Å². The third kappa shape index (κ3) is 4.95. The van der Waals surface area contributed by atoms with E-state index in [9.17, 15) is 4.79 Å². The first-order valence-corrected chi connectivity index (χ1v) is 9.94. The molecule has 0 saturated heterocycles. The van der Waals surface area contributed by atoms with Crippen molar-refractivity contribution in [2.24, 2.45) is 7.05 Å². The Morgan fingerprint density at radius 2 is 1.89 bits per heavy atom. The van der Waals surface area contributed by atoms with Crippen molar-refractivity contribution < 1.29 is 4.79 Å². The maximum atomic E-state index is 12.5. The lowest BCUT2D eigenvalue weighted by Crippen LogP contribution is -2.30. The topological polar surface area (TPSA) is 72.7 Å². The molecule has 3 rings (SSSR count). The maximum Gasteiger partial charge on any atom is 0.230 e. The molecular formula is C20H23N5OS. The van der Waals surface area contributed by atoms with E-state index in [0.717, 1.165) is 29.8 Å². The summed E-state index contributed by atoms with van der Waals surface area (Å²) in [5.74, 6) is 1.05. The molecule has 0 spiro atoms. The van der Waals surface area contributed by atoms with E-state index in [0.29, 0.717) is 10.9 Å². The number of hydrogen-bond donors (Lipinski definition) is 1. The highest BCUT2D eigenvalue weighted by Crippen LogP contribution is 2.23. The highest BCUT2D eigenvalue weighted by Gasteiger charge is 2.16. The smallest absolute Gasteiger partial charge is 0.230 e. The number of carbonyl (C=O) groups is 1. The SMILES string of the molecule is CCC[C@H](NC(=O)CSc1nnc(-c2ccncc2)n1C)c1ccccc1. The number of aromatic nitrogens is 4. The molecule has 0 aliphatic rings. The van der Waals surface area contributed by atoms with Gasteiger partial charge < -0.3 is 9.88 Å². The monoisotopic (exact) mass is 381 g/mol. The van der Waals surface area contributed by atoms with Gasteiger partial charge in [-0.15, -0.1) is 10.2 Å². The fraction of sp³-hybridized carbons (Fsp3) is 0.300. The quantitative estimate of drug-likeness (QED) is 0.603. The van der Waals surface area contributed by atoms with E-state index in [-0.39, 0.29) is 11.9 Å². The largest absolute Gasteiger partial charge is 0.349 e. The lowest BCUT2D eigenvalue weighted by atomic mass is 10.0. The highest BCUT2D eigenvalue weighted by molar-refractivity contribution is 7.99. The van der Waals surface area contributed by atoms with Gasteiger partial charge in [-0.25, -0.2) is 0 Å². The van der Waals surface area contributed by atoms with E-state index in [1.807, 2.05) is 41.9 Å². The first-order valence-electron chi connectivity index (χ1n) is 8.96. The predicted octanol–water partition coefficient (Wildman–Crippen LogP) is 3.63. The lowest BCUT2D eigenvalue weighted by molar-refractivity contribution is -0.119. The molecular weight excluding hydrogens is 358 g/mol. The van der Waals surface area contributed by atoms with Crippen molar-refractivity contribution in [3.63, 3.8) is 0 Å². The Hall–Kier alpha value is -2.67. The number of nitrogens with zero attached hydrogens (tertiary/aromatic N) is 4. The molecule has 6 nitrogen and oxygen atoms in total. The number of benzene rings is 1. The third-order valence-electron chi connectivity index (χ3n) is 4.22. The molecule has 2 aromatic heterocycles. The van der Waals surface area contributed by atoms with E-state index in [1.165, 1.54) is 11.8 Å². The average molecular weight is 382 g/mol. The van der Waals surface area contributed by atoms with Crippen LogP contribution < -0.4 is 5.32 Å². The highest BCUT2D eigenvalue weighted by atomic mass is 32.2. The van der Waals surface area contributed by atoms with Gasteiger partial charge in [0.1, 0.15) is 0 Å². The van der Waals surface area contributed by atoms with Crippen molar-refractivity contribution in [3.05, 3.63) is 60.4 Å². The summed E-state index contributed by atoms with van der Waals surface area (Å²) >= 11 is 1.39. The standard InChI is InChI=1S/C20H23N5OS/c1-3-7-17(15-8-5-4-6-9-15)22-18(26)14-27-20-24-23-19(25(20)2)16-10-12-21-13-11-16/h4-6,8-13,17H,3,7,14H2,1-2H3,(H,22,26)/t17-/m0/s1. The van der Waals surface area contributed by atoms with Crippen LogP contribution in [0.3, 0.4) is 0 Å². The lowest BCUT2D eigenvalue weighted by Gasteiger charge is -2.18. The van der Waals surface area contributed by atoms with Gasteiger partial charge in [0.2, 0.25) is 5.91 Å². The summed E-state index contributed by atoms with van der Waals surface area (Å²) in [6.45, 7) is 2.12. The second kappa shape index (κ2) is 9.32. The number of nitrogens with one attached hydrogen (secondary N) is 1. The molecule has 0 fully saturated rings. The maximum absolute atomic E-state index is 12.5. The minimum absolute atomic E-state index is 0.00392. The van der Waals surface area contributed by atoms with E-state index in [4.69, 9.17) is 0 Å². The van der Waals surface area contributed by atoms with E-state index in [2.05, 4.69) is 39.6 Å². The second-order valence-electron chi connectivity index (χ2n) is 6.21. The van der Waals surface area contributed by atoms with Gasteiger partial charge in [-0.2, -0.15) is 0 Å². The van der Waals surface area contributed by atoms with E-state index in [1.54, 1.807) is 12.4 Å². The number of rotatable bonds is 8. The molecule has 7 heteroatoms. The van der Waals surface area contributed by atoms with Crippen LogP contribution in [0.15, 0.2) is 60.0 Å². The van der Waals surface area contributed by atoms with Crippen LogP contribution in [0.1, 0.15) is 31.4 Å². The number of thioether (sulfide) groups is 1. The van der Waals surface area contributed by atoms with Crippen molar-refractivity contribution >= 4 is 17.7 Å². The van der Waals surface area contributed by atoms with Crippen molar-refractivity contribution in [2.75, 3.05) is 5.75 Å². The summed E-state index contributed by atoms with van der Waals surface area (Å²) in [5.41, 5.74) is 2.08. The summed E-state index contributed by atoms with van der Waals surface area (Å²) in [7, 11) is 1.90. The molecule has 1 N–H and O–H groups in total. The molecule has 27 heavy (non-hydrogen) atoms. The van der Waals surface area contributed by atoms with Crippen LogP contribution in [0.5, 0.6) is 0 Å². The zero-order chi connectivity index (χ0) is 19.1. The summed E-state index contributed by atoms with van der Waals surface area (Å²) in [6, 6.07) is 13.9. The molecule has 140 valence electrons. The number of hydrogen-bond acceptors (Lipinski definition) is 5. The third-order valence-corrected chi connectivity index (χ3v) is 5.24. The predicted molar refractivity (Wildman–Crippen MR) is 107 cm³/mol. The Labute approximate surface area is 163 Å². The van der Waals surface area contributed by atoms with Gasteiger partial charge in [0.15, 0.2) is 11.0 Å². The van der Waals surface area contributed by atoms with Crippen LogP contribution >= 0.6 is 11.8 Å². The van der Waals surface area contributed by atoms with Crippen LogP contribution in [0.4, 0.5) is 0 Å². The van der Waals surface area contributed by atoms with Crippen LogP contribution in [-0.2, 0) is 11.8 Å². The Kier molecular flexibility index (Phi) is 6.59. The van der Waals surface area contributed by atoms with Gasteiger partial charge in [0.25, 0.3) is 0 Å². The molecule has 0 radical (unpaired) electrons. The molecule has 0 aliphatic heterocycles. The molecule has 1 amide bonds. The molecule has 2 heterocycles. The fourth-order valence-electron chi connectivity index (χ4n) is 2.86. The Bertz CT molecular complexity index is 867. The van der Waals surface area contributed by atoms with Crippen molar-refractivity contribution in [3.8, 4) is 11.4 Å². The van der Waals surface area contributed by atoms with Crippen LogP contribution in [0, 0.1) is 0 Å². The zero-order valence-electron chi connectivity index (χ0n) is 15.5. The number of amides is 1. The molecule has 1 atom stereocenters. The molecule has 0 bridgehead atoms. The first-order chi connectivity index (χ1) is 13.2. The van der Waals surface area contributed by atoms with Gasteiger partial charge in [-0.1, -0.05) is 55.4 Å². The Morgan fingerprint density at radius 1 is 1.15 bits per heavy atom. The summed E-state index contributed by atoms with van der Waals surface area (Å²) < 4.78 is 1.90. The Balaban J connectivity index is 1.61. The Morgan fingerprint density at radius 3 is 2.59 bits per heavy atom. The number of carbonyl (C=O) groups excluding carboxylic acids is 1. The van der Waals surface area contributed by atoms with E-state index >= 15 is 0 Å². The van der Waals surface area contributed by atoms with Crippen molar-refractivity contribution in [2.45, 2.75) is 31.0 Å². The van der Waals surface area contributed by atoms with Crippen LogP contribution in [-0.4, -0.2) is 31.4 Å². The average Bonchev–Trinajstić information content (AvgIpc) is 3.08. The molecule has 0 aliphatic carbocycles. The minimum Gasteiger partial charge on any atom is -0.349 e. The normalized spacial score (nSPS) is 11.9. The fourth-order valence-corrected chi connectivity index (χ4v) is 3.58. The number of pyridine rings is 1. The van der Waals surface area contributed by atoms with Crippen LogP contribution in [0.2, 0.25) is 0 Å². The molecule has 3 aromatic rings. The molecule has 0 unspecified atom stereocenters. The van der Waals surface area contributed by atoms with Crippen molar-refractivity contribution in [1.29, 1.82) is 0 Å². The van der Waals surface area contributed by atoms with Gasteiger partial charge >= 0.3 is 0 Å². The first kappa shape index (κ1) is 19.1. The van der Waals surface area contributed by atoms with Gasteiger partial charge in [-0.3, -0.25) is 9.78 Å². The van der Waals surface area contributed by atoms with Gasteiger partial charge in [-0.05, 0) is 24.1 Å². The second-order valence-corrected chi connectivity index (χ2v) is 7.15. The summed E-state index contributed by atoms with van der Waals surface area (Å²) in [5, 5.41) is 12.3. The van der Waals surface area contributed by atoms with Gasteiger partial charge in [0.05, 0.1) is 11.8 Å². The zero-order valence-corrected chi connectivity index (χ0v) is 16.3. The minimum atomic E-state index is -0.00392. The van der Waals surface area contributed by atoms with Gasteiger partial charge in [0, 0.05) is 25.0 Å². The summed E-state index contributed by atoms with van der Waals surface area (Å²) in [4.78, 5) is 16.5. The molecule has 1 aromatic carbocycles. The van der Waals surface area contributed by atoms with E-state index < -0.39 is 0 Å². The van der Waals surface area contributed by atoms with Crippen molar-refractivity contribution in [1.82, 2.24) is 25.1 Å². The summed E-state index contributed by atoms with van der Waals surface area (Å²) in [6.07, 6.45) is 5.37.